The normalized spacial score (nSPS) is 21.0. The Labute approximate surface area is 142 Å². The van der Waals surface area contributed by atoms with Gasteiger partial charge in [-0.15, -0.1) is 12.4 Å². The first-order valence-electron chi connectivity index (χ1n) is 8.27. The van der Waals surface area contributed by atoms with Gasteiger partial charge in [-0.3, -0.25) is 9.69 Å². The van der Waals surface area contributed by atoms with Gasteiger partial charge in [0.15, 0.2) is 0 Å². The molecule has 5 nitrogen and oxygen atoms in total. The van der Waals surface area contributed by atoms with Gasteiger partial charge in [-0.05, 0) is 26.3 Å². The number of rotatable bonds is 7. The molecular weight excluding hydrogens is 300 g/mol. The Bertz CT molecular complexity index is 328. The van der Waals surface area contributed by atoms with Crippen LogP contribution >= 0.6 is 12.4 Å². The Kier molecular flexibility index (Phi) is 9.55. The number of piperazine rings is 1. The van der Waals surface area contributed by atoms with E-state index in [0.717, 1.165) is 39.0 Å². The van der Waals surface area contributed by atoms with Crippen LogP contribution in [0.3, 0.4) is 0 Å². The molecule has 0 radical (unpaired) electrons. The van der Waals surface area contributed by atoms with E-state index in [9.17, 15) is 4.79 Å². The summed E-state index contributed by atoms with van der Waals surface area (Å²) in [4.78, 5) is 17.1. The van der Waals surface area contributed by atoms with E-state index in [-0.39, 0.29) is 18.3 Å². The molecule has 0 aromatic heterocycles. The summed E-state index contributed by atoms with van der Waals surface area (Å²) in [7, 11) is 2.16. The zero-order chi connectivity index (χ0) is 16.0. The third kappa shape index (κ3) is 6.41. The third-order valence-electron chi connectivity index (χ3n) is 4.54. The van der Waals surface area contributed by atoms with Gasteiger partial charge in [-0.2, -0.15) is 0 Å². The molecule has 132 valence electrons. The second kappa shape index (κ2) is 9.71. The lowest BCUT2D eigenvalue weighted by atomic mass is 9.95. The van der Waals surface area contributed by atoms with Crippen LogP contribution in [0.2, 0.25) is 0 Å². The van der Waals surface area contributed by atoms with Gasteiger partial charge >= 0.3 is 0 Å². The number of nitrogens with zero attached hydrogens (tertiary/aromatic N) is 2. The highest BCUT2D eigenvalue weighted by molar-refractivity contribution is 5.85. The fourth-order valence-electron chi connectivity index (χ4n) is 2.97. The lowest BCUT2D eigenvalue weighted by Gasteiger charge is -2.40. The average molecular weight is 335 g/mol. The first-order valence-corrected chi connectivity index (χ1v) is 8.27. The van der Waals surface area contributed by atoms with Crippen LogP contribution in [0, 0.1) is 5.92 Å². The maximum atomic E-state index is 12.3. The lowest BCUT2D eigenvalue weighted by molar-refractivity contribution is -0.126. The SMILES string of the molecule is CCCC(C)(N)C(=O)NCC(C(C)C)N1CCN(C)CC1.Cl. The third-order valence-corrected chi connectivity index (χ3v) is 4.54. The van der Waals surface area contributed by atoms with E-state index in [1.807, 2.05) is 6.92 Å². The molecule has 1 heterocycles. The fraction of sp³-hybridized carbons (Fsp3) is 0.938. The van der Waals surface area contributed by atoms with Gasteiger partial charge in [0.2, 0.25) is 5.91 Å². The first-order chi connectivity index (χ1) is 9.77. The van der Waals surface area contributed by atoms with Crippen molar-refractivity contribution in [1.29, 1.82) is 0 Å². The minimum Gasteiger partial charge on any atom is -0.353 e. The number of carbonyl (C=O) groups excluding carboxylic acids is 1. The summed E-state index contributed by atoms with van der Waals surface area (Å²) in [5, 5.41) is 3.08. The van der Waals surface area contributed by atoms with Gasteiger partial charge in [0, 0.05) is 38.8 Å². The summed E-state index contributed by atoms with van der Waals surface area (Å²) < 4.78 is 0. The molecule has 0 aliphatic carbocycles. The highest BCUT2D eigenvalue weighted by Crippen LogP contribution is 2.14. The maximum absolute atomic E-state index is 12.3. The van der Waals surface area contributed by atoms with E-state index in [0.29, 0.717) is 18.5 Å². The molecule has 1 fully saturated rings. The summed E-state index contributed by atoms with van der Waals surface area (Å²) in [6.45, 7) is 13.4. The van der Waals surface area contributed by atoms with Gasteiger partial charge < -0.3 is 16.0 Å². The number of carbonyl (C=O) groups is 1. The highest BCUT2D eigenvalue weighted by Gasteiger charge is 2.30. The zero-order valence-electron chi connectivity index (χ0n) is 14.9. The minimum atomic E-state index is -0.752. The summed E-state index contributed by atoms with van der Waals surface area (Å²) in [6, 6.07) is 0.389. The second-order valence-electron chi connectivity index (χ2n) is 7.03. The molecule has 1 rings (SSSR count). The number of hydrogen-bond acceptors (Lipinski definition) is 4. The molecule has 6 heteroatoms. The summed E-state index contributed by atoms with van der Waals surface area (Å²) in [5.74, 6) is 0.494. The van der Waals surface area contributed by atoms with Crippen LogP contribution in [-0.4, -0.2) is 67.1 Å². The quantitative estimate of drug-likeness (QED) is 0.737. The van der Waals surface area contributed by atoms with E-state index < -0.39 is 5.54 Å². The van der Waals surface area contributed by atoms with Crippen LogP contribution in [0.4, 0.5) is 0 Å². The van der Waals surface area contributed by atoms with Crippen molar-refractivity contribution < 1.29 is 4.79 Å². The van der Waals surface area contributed by atoms with Crippen molar-refractivity contribution >= 4 is 18.3 Å². The molecule has 2 atom stereocenters. The molecule has 0 aromatic rings. The Morgan fingerprint density at radius 2 is 1.82 bits per heavy atom. The number of hydrogen-bond donors (Lipinski definition) is 2. The van der Waals surface area contributed by atoms with Gasteiger partial charge in [-0.25, -0.2) is 0 Å². The van der Waals surface area contributed by atoms with E-state index in [2.05, 4.69) is 42.9 Å². The average Bonchev–Trinajstić information content (AvgIpc) is 2.40. The minimum absolute atomic E-state index is 0. The predicted octanol–water partition coefficient (Wildman–Crippen LogP) is 1.31. The molecule has 0 spiro atoms. The second-order valence-corrected chi connectivity index (χ2v) is 7.03. The topological polar surface area (TPSA) is 61.6 Å². The van der Waals surface area contributed by atoms with E-state index in [1.54, 1.807) is 0 Å². The number of halogens is 1. The molecule has 1 saturated heterocycles. The van der Waals surface area contributed by atoms with Gasteiger partial charge in [-0.1, -0.05) is 27.2 Å². The van der Waals surface area contributed by atoms with Crippen molar-refractivity contribution in [3.8, 4) is 0 Å². The molecule has 1 aliphatic rings. The van der Waals surface area contributed by atoms with Crippen LogP contribution in [-0.2, 0) is 4.79 Å². The fourth-order valence-corrected chi connectivity index (χ4v) is 2.97. The maximum Gasteiger partial charge on any atom is 0.239 e. The highest BCUT2D eigenvalue weighted by atomic mass is 35.5. The monoisotopic (exact) mass is 334 g/mol. The number of nitrogens with two attached hydrogens (primary N) is 1. The first kappa shape index (κ1) is 21.6. The van der Waals surface area contributed by atoms with E-state index >= 15 is 0 Å². The standard InChI is InChI=1S/C16H34N4O.ClH/c1-6-7-16(4,17)15(21)18-12-14(13(2)3)20-10-8-19(5)9-11-20;/h13-14H,6-12,17H2,1-5H3,(H,18,21);1H. The van der Waals surface area contributed by atoms with Crippen molar-refractivity contribution in [2.45, 2.75) is 52.1 Å². The molecule has 2 unspecified atom stereocenters. The Balaban J connectivity index is 0.00000441. The summed E-state index contributed by atoms with van der Waals surface area (Å²) in [5.41, 5.74) is 5.35. The van der Waals surface area contributed by atoms with Crippen molar-refractivity contribution in [3.05, 3.63) is 0 Å². The largest absolute Gasteiger partial charge is 0.353 e. The van der Waals surface area contributed by atoms with Crippen LogP contribution in [0.25, 0.3) is 0 Å². The smallest absolute Gasteiger partial charge is 0.239 e. The molecule has 0 saturated carbocycles. The van der Waals surface area contributed by atoms with E-state index in [1.165, 1.54) is 0 Å². The molecule has 1 amide bonds. The lowest BCUT2D eigenvalue weighted by Crippen LogP contribution is -2.57. The van der Waals surface area contributed by atoms with Gasteiger partial charge in [0.1, 0.15) is 0 Å². The van der Waals surface area contributed by atoms with Gasteiger partial charge in [0.05, 0.1) is 5.54 Å². The van der Waals surface area contributed by atoms with Crippen LogP contribution < -0.4 is 11.1 Å². The zero-order valence-corrected chi connectivity index (χ0v) is 15.7. The van der Waals surface area contributed by atoms with E-state index in [4.69, 9.17) is 5.73 Å². The van der Waals surface area contributed by atoms with Crippen LogP contribution in [0.5, 0.6) is 0 Å². The molecule has 0 bridgehead atoms. The summed E-state index contributed by atoms with van der Waals surface area (Å²) >= 11 is 0. The molecule has 1 aliphatic heterocycles. The van der Waals surface area contributed by atoms with Crippen molar-refractivity contribution in [3.63, 3.8) is 0 Å². The molecular formula is C16H35ClN4O. The van der Waals surface area contributed by atoms with Crippen molar-refractivity contribution in [2.24, 2.45) is 11.7 Å². The molecule has 3 N–H and O–H groups in total. The number of nitrogens with one attached hydrogen (secondary N) is 1. The Hall–Kier alpha value is -0.360. The Morgan fingerprint density at radius 3 is 2.27 bits per heavy atom. The Morgan fingerprint density at radius 1 is 1.27 bits per heavy atom. The van der Waals surface area contributed by atoms with Gasteiger partial charge in [0.25, 0.3) is 0 Å². The number of amides is 1. The van der Waals surface area contributed by atoms with Crippen molar-refractivity contribution in [1.82, 2.24) is 15.1 Å². The number of likely N-dealkylation sites (N-methyl/N-ethyl adjacent to an activating group) is 1. The molecule has 0 aromatic carbocycles. The molecule has 22 heavy (non-hydrogen) atoms. The van der Waals surface area contributed by atoms with Crippen molar-refractivity contribution in [2.75, 3.05) is 39.8 Å². The van der Waals surface area contributed by atoms with Crippen LogP contribution in [0.1, 0.15) is 40.5 Å². The predicted molar refractivity (Wildman–Crippen MR) is 95.5 cm³/mol. The summed E-state index contributed by atoms with van der Waals surface area (Å²) in [6.07, 6.45) is 1.65. The van der Waals surface area contributed by atoms with Crippen LogP contribution in [0.15, 0.2) is 0 Å².